The number of hydrogen-bond acceptors (Lipinski definition) is 9. The van der Waals surface area contributed by atoms with Crippen molar-refractivity contribution in [2.75, 3.05) is 26.4 Å². The molecule has 0 bridgehead atoms. The lowest BCUT2D eigenvalue weighted by atomic mass is 10.1. The normalized spacial score (nSPS) is 14.2. The summed E-state index contributed by atoms with van der Waals surface area (Å²) in [6.45, 7) is 2.34. The van der Waals surface area contributed by atoms with Crippen LogP contribution in [0.1, 0.15) is 187 Å². The molecule has 0 aromatic carbocycles. The van der Waals surface area contributed by atoms with E-state index in [0.717, 1.165) is 51.4 Å². The van der Waals surface area contributed by atoms with Crippen LogP contribution in [0.3, 0.4) is 0 Å². The van der Waals surface area contributed by atoms with Crippen molar-refractivity contribution in [2.45, 2.75) is 199 Å². The Bertz CT molecular complexity index is 925. The molecule has 0 saturated carbocycles. The molecule has 11 heteroatoms. The quantitative estimate of drug-likeness (QED) is 0.0239. The zero-order valence-electron chi connectivity index (χ0n) is 33.0. The molecule has 0 fully saturated rings. The number of hydrogen-bond donors (Lipinski definition) is 3. The molecular weight excluding hydrogens is 683 g/mol. The summed E-state index contributed by atoms with van der Waals surface area (Å²) in [5.74, 6) is -0.927. The smallest absolute Gasteiger partial charge is 0.462 e. The number of phosphoric acid groups is 1. The number of esters is 2. The van der Waals surface area contributed by atoms with Crippen LogP contribution < -0.4 is 0 Å². The van der Waals surface area contributed by atoms with Gasteiger partial charge >= 0.3 is 19.8 Å². The van der Waals surface area contributed by atoms with Crippen molar-refractivity contribution in [3.63, 3.8) is 0 Å². The van der Waals surface area contributed by atoms with E-state index in [1.54, 1.807) is 0 Å². The fourth-order valence-corrected chi connectivity index (χ4v) is 6.40. The van der Waals surface area contributed by atoms with Gasteiger partial charge in [-0.05, 0) is 44.9 Å². The summed E-state index contributed by atoms with van der Waals surface area (Å²) in [6, 6.07) is 0. The van der Waals surface area contributed by atoms with E-state index in [0.29, 0.717) is 12.8 Å². The maximum absolute atomic E-state index is 12.5. The Hall–Kier alpha value is -1.55. The SMILES string of the molecule is CCCCC/C=C/C/C=C/CCCCCCCCCCCC(=O)OC[C@@H](COP(=O)(O)OC[C@H](O)CO)OC(=O)CCCCCCCCCCCC. The van der Waals surface area contributed by atoms with Crippen molar-refractivity contribution in [2.24, 2.45) is 0 Å². The van der Waals surface area contributed by atoms with E-state index in [1.807, 2.05) is 0 Å². The maximum Gasteiger partial charge on any atom is 0.472 e. The summed E-state index contributed by atoms with van der Waals surface area (Å²) in [6.07, 6.45) is 35.8. The minimum Gasteiger partial charge on any atom is -0.462 e. The van der Waals surface area contributed by atoms with Gasteiger partial charge in [0, 0.05) is 12.8 Å². The van der Waals surface area contributed by atoms with Gasteiger partial charge in [0.2, 0.25) is 0 Å². The topological polar surface area (TPSA) is 149 Å². The number of carbonyl (C=O) groups is 2. The van der Waals surface area contributed by atoms with Gasteiger partial charge in [0.25, 0.3) is 0 Å². The summed E-state index contributed by atoms with van der Waals surface area (Å²) in [5.41, 5.74) is 0. The Morgan fingerprint density at radius 1 is 0.577 bits per heavy atom. The van der Waals surface area contributed by atoms with Gasteiger partial charge in [0.15, 0.2) is 6.10 Å². The summed E-state index contributed by atoms with van der Waals surface area (Å²) < 4.78 is 32.6. The first kappa shape index (κ1) is 50.5. The van der Waals surface area contributed by atoms with Gasteiger partial charge in [-0.25, -0.2) is 4.57 Å². The Morgan fingerprint density at radius 3 is 1.52 bits per heavy atom. The highest BCUT2D eigenvalue weighted by atomic mass is 31.2. The highest BCUT2D eigenvalue weighted by Gasteiger charge is 2.27. The van der Waals surface area contributed by atoms with E-state index in [2.05, 4.69) is 42.7 Å². The number of rotatable bonds is 39. The van der Waals surface area contributed by atoms with Gasteiger partial charge in [0.05, 0.1) is 19.8 Å². The van der Waals surface area contributed by atoms with Crippen LogP contribution in [-0.4, -0.2) is 65.7 Å². The van der Waals surface area contributed by atoms with E-state index in [4.69, 9.17) is 19.1 Å². The first-order valence-corrected chi connectivity index (χ1v) is 22.3. The standard InChI is InChI=1S/C41H77O10P/c1-3-5-7-9-11-13-15-16-17-18-19-20-21-22-23-25-26-28-30-32-40(44)48-36-39(37-50-52(46,47)49-35-38(43)34-42)51-41(45)33-31-29-27-24-14-12-10-8-6-4-2/h11,13,16-17,38-39,42-43H,3-10,12,14-15,18-37H2,1-2H3,(H,46,47)/b13-11+,17-16+/t38-,39+/m1/s1. The molecule has 0 radical (unpaired) electrons. The lowest BCUT2D eigenvalue weighted by Crippen LogP contribution is -2.29. The second kappa shape index (κ2) is 37.8. The van der Waals surface area contributed by atoms with Crippen LogP contribution in [-0.2, 0) is 32.7 Å². The number of aliphatic hydroxyl groups excluding tert-OH is 2. The maximum atomic E-state index is 12.5. The Morgan fingerprint density at radius 2 is 1.00 bits per heavy atom. The predicted molar refractivity (Wildman–Crippen MR) is 210 cm³/mol. The van der Waals surface area contributed by atoms with E-state index >= 15 is 0 Å². The third-order valence-electron chi connectivity index (χ3n) is 8.86. The molecule has 0 aromatic rings. The Labute approximate surface area is 317 Å². The molecule has 0 aliphatic heterocycles. The molecule has 0 rings (SSSR count). The average Bonchev–Trinajstić information content (AvgIpc) is 3.13. The number of aliphatic hydroxyl groups is 2. The largest absolute Gasteiger partial charge is 0.472 e. The minimum absolute atomic E-state index is 0.186. The van der Waals surface area contributed by atoms with E-state index in [9.17, 15) is 24.2 Å². The minimum atomic E-state index is -4.61. The Balaban J connectivity index is 4.23. The summed E-state index contributed by atoms with van der Waals surface area (Å²) in [7, 11) is -4.61. The van der Waals surface area contributed by atoms with Crippen LogP contribution in [0.25, 0.3) is 0 Å². The lowest BCUT2D eigenvalue weighted by molar-refractivity contribution is -0.161. The number of phosphoric ester groups is 1. The van der Waals surface area contributed by atoms with Gasteiger partial charge in [-0.3, -0.25) is 18.6 Å². The van der Waals surface area contributed by atoms with Crippen LogP contribution in [0.15, 0.2) is 24.3 Å². The molecule has 52 heavy (non-hydrogen) atoms. The average molecular weight is 761 g/mol. The van der Waals surface area contributed by atoms with Crippen LogP contribution in [0.2, 0.25) is 0 Å². The van der Waals surface area contributed by atoms with Crippen molar-refractivity contribution >= 4 is 19.8 Å². The third kappa shape index (κ3) is 36.8. The summed E-state index contributed by atoms with van der Waals surface area (Å²) in [4.78, 5) is 34.8. The molecule has 3 atom stereocenters. The van der Waals surface area contributed by atoms with Gasteiger partial charge in [-0.1, -0.05) is 154 Å². The van der Waals surface area contributed by atoms with E-state index < -0.39 is 51.8 Å². The molecular formula is C41H77O10P. The first-order chi connectivity index (χ1) is 25.2. The molecule has 1 unspecified atom stereocenters. The second-order valence-corrected chi connectivity index (χ2v) is 15.5. The molecule has 0 spiro atoms. The molecule has 0 amide bonds. The molecule has 10 nitrogen and oxygen atoms in total. The lowest BCUT2D eigenvalue weighted by Gasteiger charge is -2.20. The van der Waals surface area contributed by atoms with Crippen molar-refractivity contribution in [1.29, 1.82) is 0 Å². The highest BCUT2D eigenvalue weighted by Crippen LogP contribution is 2.43. The van der Waals surface area contributed by atoms with Crippen molar-refractivity contribution in [3.05, 3.63) is 24.3 Å². The van der Waals surface area contributed by atoms with Crippen molar-refractivity contribution < 1.29 is 47.8 Å². The van der Waals surface area contributed by atoms with Crippen LogP contribution in [0, 0.1) is 0 Å². The van der Waals surface area contributed by atoms with E-state index in [1.165, 1.54) is 96.3 Å². The number of allylic oxidation sites excluding steroid dienone is 4. The van der Waals surface area contributed by atoms with Crippen LogP contribution >= 0.6 is 7.82 Å². The third-order valence-corrected chi connectivity index (χ3v) is 9.81. The summed E-state index contributed by atoms with van der Waals surface area (Å²) in [5, 5.41) is 18.3. The highest BCUT2D eigenvalue weighted by molar-refractivity contribution is 7.47. The molecule has 3 N–H and O–H groups in total. The molecule has 0 aliphatic rings. The fraction of sp³-hybridized carbons (Fsp3) is 0.854. The van der Waals surface area contributed by atoms with Crippen LogP contribution in [0.5, 0.6) is 0 Å². The van der Waals surface area contributed by atoms with Gasteiger partial charge in [-0.2, -0.15) is 0 Å². The van der Waals surface area contributed by atoms with Crippen LogP contribution in [0.4, 0.5) is 0 Å². The van der Waals surface area contributed by atoms with Crippen molar-refractivity contribution in [3.8, 4) is 0 Å². The van der Waals surface area contributed by atoms with Crippen molar-refractivity contribution in [1.82, 2.24) is 0 Å². The monoisotopic (exact) mass is 761 g/mol. The number of ether oxygens (including phenoxy) is 2. The van der Waals surface area contributed by atoms with Gasteiger partial charge < -0.3 is 24.6 Å². The van der Waals surface area contributed by atoms with E-state index in [-0.39, 0.29) is 19.4 Å². The molecule has 306 valence electrons. The summed E-state index contributed by atoms with van der Waals surface area (Å²) >= 11 is 0. The number of carbonyl (C=O) groups excluding carboxylic acids is 2. The van der Waals surface area contributed by atoms with Gasteiger partial charge in [-0.15, -0.1) is 0 Å². The first-order valence-electron chi connectivity index (χ1n) is 20.8. The zero-order valence-corrected chi connectivity index (χ0v) is 33.9. The molecule has 0 heterocycles. The fourth-order valence-electron chi connectivity index (χ4n) is 5.61. The second-order valence-electron chi connectivity index (χ2n) is 14.0. The predicted octanol–water partition coefficient (Wildman–Crippen LogP) is 10.6. The Kier molecular flexibility index (Phi) is 36.6. The molecule has 0 saturated heterocycles. The van der Waals surface area contributed by atoms with Gasteiger partial charge in [0.1, 0.15) is 12.7 Å². The molecule has 0 aliphatic carbocycles. The molecule has 0 aromatic heterocycles. The zero-order chi connectivity index (χ0) is 38.4. The number of unbranched alkanes of at least 4 members (excludes halogenated alkanes) is 21.